The summed E-state index contributed by atoms with van der Waals surface area (Å²) in [4.78, 5) is 26.8. The van der Waals surface area contributed by atoms with Crippen molar-refractivity contribution in [3.8, 4) is 0 Å². The van der Waals surface area contributed by atoms with Crippen LogP contribution in [0.2, 0.25) is 0 Å². The number of aliphatic carboxylic acids is 1. The molecule has 0 bridgehead atoms. The summed E-state index contributed by atoms with van der Waals surface area (Å²) < 4.78 is 0. The minimum absolute atomic E-state index is 0.0118. The van der Waals surface area contributed by atoms with Crippen LogP contribution in [-0.4, -0.2) is 60.0 Å². The Balaban J connectivity index is 1.89. The monoisotopic (exact) mass is 240 g/mol. The molecule has 0 radical (unpaired) electrons. The minimum Gasteiger partial charge on any atom is -0.481 e. The molecule has 0 aromatic rings. The maximum absolute atomic E-state index is 12.1. The molecule has 96 valence electrons. The number of nitrogens with zero attached hydrogens (tertiary/aromatic N) is 2. The molecular formula is C12H20N2O3. The fraction of sp³-hybridized carbons (Fsp3) is 0.833. The maximum Gasteiger partial charge on any atom is 0.307 e. The number of likely N-dealkylation sites (tertiary alicyclic amines) is 1. The van der Waals surface area contributed by atoms with Crippen molar-refractivity contribution in [2.75, 3.05) is 27.2 Å². The Bertz CT molecular complexity index is 332. The number of piperidine rings is 1. The van der Waals surface area contributed by atoms with Crippen LogP contribution in [0.4, 0.5) is 0 Å². The first-order valence-electron chi connectivity index (χ1n) is 6.18. The van der Waals surface area contributed by atoms with Gasteiger partial charge in [0, 0.05) is 19.6 Å². The Labute approximate surface area is 101 Å². The lowest BCUT2D eigenvalue weighted by Gasteiger charge is -2.36. The highest BCUT2D eigenvalue weighted by molar-refractivity contribution is 5.89. The average molecular weight is 240 g/mol. The molecule has 1 N–H and O–H groups in total. The molecule has 5 nitrogen and oxygen atoms in total. The second-order valence-electron chi connectivity index (χ2n) is 5.29. The Morgan fingerprint density at radius 1 is 1.35 bits per heavy atom. The van der Waals surface area contributed by atoms with E-state index in [1.807, 2.05) is 7.05 Å². The Hall–Kier alpha value is -1.10. The molecule has 0 aromatic heterocycles. The molecule has 1 amide bonds. The topological polar surface area (TPSA) is 60.9 Å². The number of carboxylic acids is 1. The molecule has 2 fully saturated rings. The molecule has 1 aliphatic carbocycles. The predicted octanol–water partition coefficient (Wildman–Crippen LogP) is 0.260. The minimum atomic E-state index is -0.836. The van der Waals surface area contributed by atoms with Crippen molar-refractivity contribution >= 4 is 11.9 Å². The van der Waals surface area contributed by atoms with Crippen molar-refractivity contribution in [3.63, 3.8) is 0 Å². The lowest BCUT2D eigenvalue weighted by molar-refractivity contribution is -0.142. The maximum atomic E-state index is 12.1. The van der Waals surface area contributed by atoms with Gasteiger partial charge in [-0.2, -0.15) is 0 Å². The van der Waals surface area contributed by atoms with Crippen molar-refractivity contribution in [1.29, 1.82) is 0 Å². The number of carbonyl (C=O) groups excluding carboxylic acids is 1. The molecule has 2 aliphatic rings. The van der Waals surface area contributed by atoms with Crippen LogP contribution in [-0.2, 0) is 9.59 Å². The van der Waals surface area contributed by atoms with Gasteiger partial charge in [-0.15, -0.1) is 0 Å². The SMILES string of the molecule is CN1CCCC(N(C)C(=O)C2CC2C(=O)O)C1. The van der Waals surface area contributed by atoms with Crippen molar-refractivity contribution < 1.29 is 14.7 Å². The molecule has 17 heavy (non-hydrogen) atoms. The fourth-order valence-corrected chi connectivity index (χ4v) is 2.64. The van der Waals surface area contributed by atoms with Gasteiger partial charge in [-0.1, -0.05) is 0 Å². The summed E-state index contributed by atoms with van der Waals surface area (Å²) in [6.45, 7) is 1.98. The van der Waals surface area contributed by atoms with E-state index in [0.717, 1.165) is 25.9 Å². The first-order valence-corrected chi connectivity index (χ1v) is 6.18. The van der Waals surface area contributed by atoms with E-state index < -0.39 is 11.9 Å². The summed E-state index contributed by atoms with van der Waals surface area (Å²) in [6.07, 6.45) is 2.64. The van der Waals surface area contributed by atoms with Gasteiger partial charge in [0.2, 0.25) is 5.91 Å². The average Bonchev–Trinajstić information content (AvgIpc) is 3.07. The largest absolute Gasteiger partial charge is 0.481 e. The molecule has 1 saturated carbocycles. The van der Waals surface area contributed by atoms with Gasteiger partial charge in [0.15, 0.2) is 0 Å². The fourth-order valence-electron chi connectivity index (χ4n) is 2.64. The quantitative estimate of drug-likeness (QED) is 0.768. The van der Waals surface area contributed by atoms with E-state index in [0.29, 0.717) is 6.42 Å². The summed E-state index contributed by atoms with van der Waals surface area (Å²) >= 11 is 0. The van der Waals surface area contributed by atoms with Crippen molar-refractivity contribution in [3.05, 3.63) is 0 Å². The first kappa shape index (κ1) is 12.4. The van der Waals surface area contributed by atoms with E-state index in [1.54, 1.807) is 4.90 Å². The van der Waals surface area contributed by atoms with Crippen LogP contribution in [0.1, 0.15) is 19.3 Å². The lowest BCUT2D eigenvalue weighted by Crippen LogP contribution is -2.48. The summed E-state index contributed by atoms with van der Waals surface area (Å²) in [5.74, 6) is -1.54. The van der Waals surface area contributed by atoms with Gasteiger partial charge in [-0.05, 0) is 32.9 Å². The summed E-state index contributed by atoms with van der Waals surface area (Å²) in [5.41, 5.74) is 0. The number of likely N-dealkylation sites (N-methyl/N-ethyl adjacent to an activating group) is 2. The van der Waals surface area contributed by atoms with Gasteiger partial charge >= 0.3 is 5.97 Å². The molecular weight excluding hydrogens is 220 g/mol. The molecule has 1 heterocycles. The normalized spacial score (nSPS) is 33.2. The van der Waals surface area contributed by atoms with E-state index in [1.165, 1.54) is 0 Å². The third-order valence-electron chi connectivity index (χ3n) is 3.92. The van der Waals surface area contributed by atoms with Crippen LogP contribution in [0, 0.1) is 11.8 Å². The number of rotatable bonds is 3. The number of amides is 1. The Morgan fingerprint density at radius 2 is 2.06 bits per heavy atom. The third kappa shape index (κ3) is 2.60. The Morgan fingerprint density at radius 3 is 2.59 bits per heavy atom. The molecule has 0 aromatic carbocycles. The van der Waals surface area contributed by atoms with E-state index in [2.05, 4.69) is 11.9 Å². The second-order valence-corrected chi connectivity index (χ2v) is 5.29. The zero-order valence-corrected chi connectivity index (χ0v) is 10.4. The highest BCUT2D eigenvalue weighted by Crippen LogP contribution is 2.40. The highest BCUT2D eigenvalue weighted by atomic mass is 16.4. The van der Waals surface area contributed by atoms with Crippen LogP contribution in [0.3, 0.4) is 0 Å². The van der Waals surface area contributed by atoms with Crippen molar-refractivity contribution in [2.45, 2.75) is 25.3 Å². The zero-order chi connectivity index (χ0) is 12.6. The smallest absolute Gasteiger partial charge is 0.307 e. The molecule has 3 unspecified atom stereocenters. The van der Waals surface area contributed by atoms with Gasteiger partial charge in [0.25, 0.3) is 0 Å². The molecule has 3 atom stereocenters. The van der Waals surface area contributed by atoms with Crippen LogP contribution < -0.4 is 0 Å². The molecule has 1 aliphatic heterocycles. The molecule has 2 rings (SSSR count). The Kier molecular flexibility index (Phi) is 3.38. The van der Waals surface area contributed by atoms with E-state index in [4.69, 9.17) is 5.11 Å². The van der Waals surface area contributed by atoms with Crippen LogP contribution in [0.5, 0.6) is 0 Å². The van der Waals surface area contributed by atoms with Crippen molar-refractivity contribution in [2.24, 2.45) is 11.8 Å². The summed E-state index contributed by atoms with van der Waals surface area (Å²) in [6, 6.07) is 0.247. The van der Waals surface area contributed by atoms with E-state index >= 15 is 0 Å². The number of carboxylic acid groups (broad SMARTS) is 1. The number of hydrogen-bond donors (Lipinski definition) is 1. The van der Waals surface area contributed by atoms with Crippen LogP contribution in [0.15, 0.2) is 0 Å². The van der Waals surface area contributed by atoms with Gasteiger partial charge in [-0.25, -0.2) is 0 Å². The van der Waals surface area contributed by atoms with Gasteiger partial charge in [0.05, 0.1) is 11.8 Å². The van der Waals surface area contributed by atoms with E-state index in [9.17, 15) is 9.59 Å². The summed E-state index contributed by atoms with van der Waals surface area (Å²) in [7, 11) is 3.87. The van der Waals surface area contributed by atoms with E-state index in [-0.39, 0.29) is 17.9 Å². The van der Waals surface area contributed by atoms with Gasteiger partial charge in [0.1, 0.15) is 0 Å². The molecule has 0 spiro atoms. The van der Waals surface area contributed by atoms with Gasteiger partial charge < -0.3 is 14.9 Å². The zero-order valence-electron chi connectivity index (χ0n) is 10.4. The molecule has 1 saturated heterocycles. The lowest BCUT2D eigenvalue weighted by atomic mass is 10.0. The summed E-state index contributed by atoms with van der Waals surface area (Å²) in [5, 5.41) is 8.83. The molecule has 5 heteroatoms. The number of hydrogen-bond acceptors (Lipinski definition) is 3. The van der Waals surface area contributed by atoms with Crippen LogP contribution in [0.25, 0.3) is 0 Å². The predicted molar refractivity (Wildman–Crippen MR) is 62.5 cm³/mol. The third-order valence-corrected chi connectivity index (χ3v) is 3.92. The second kappa shape index (κ2) is 4.64. The highest BCUT2D eigenvalue weighted by Gasteiger charge is 2.50. The van der Waals surface area contributed by atoms with Gasteiger partial charge in [-0.3, -0.25) is 9.59 Å². The first-order chi connectivity index (χ1) is 8.00. The number of carbonyl (C=O) groups is 2. The standard InChI is InChI=1S/C12H20N2O3/c1-13-5-3-4-8(7-13)14(2)11(15)9-6-10(9)12(16)17/h8-10H,3-7H2,1-2H3,(H,16,17). The van der Waals surface area contributed by atoms with Crippen LogP contribution >= 0.6 is 0 Å². The van der Waals surface area contributed by atoms with Crippen molar-refractivity contribution in [1.82, 2.24) is 9.80 Å².